The molecule has 5 nitrogen and oxygen atoms in total. The predicted octanol–water partition coefficient (Wildman–Crippen LogP) is 2.81. The number of carbonyl (C=O) groups excluding carboxylic acids is 3. The fourth-order valence-electron chi connectivity index (χ4n) is 2.52. The summed E-state index contributed by atoms with van der Waals surface area (Å²) in [4.78, 5) is 35.7. The molecule has 0 bridgehead atoms. The van der Waals surface area contributed by atoms with E-state index in [9.17, 15) is 14.4 Å². The zero-order valence-corrected chi connectivity index (χ0v) is 14.2. The highest BCUT2D eigenvalue weighted by molar-refractivity contribution is 6.08. The van der Waals surface area contributed by atoms with Crippen LogP contribution in [0.5, 0.6) is 0 Å². The number of methoxy groups -OCH3 is 2. The normalized spacial score (nSPS) is 11.4. The maximum absolute atomic E-state index is 12.4. The Labute approximate surface area is 146 Å². The number of benzene rings is 2. The van der Waals surface area contributed by atoms with E-state index in [0.717, 1.165) is 5.56 Å². The summed E-state index contributed by atoms with van der Waals surface area (Å²) in [6.45, 7) is 0. The summed E-state index contributed by atoms with van der Waals surface area (Å²) in [6, 6.07) is 16.0. The number of esters is 2. The highest BCUT2D eigenvalue weighted by atomic mass is 16.5. The van der Waals surface area contributed by atoms with Gasteiger partial charge < -0.3 is 9.47 Å². The van der Waals surface area contributed by atoms with Crippen LogP contribution in [0.25, 0.3) is 0 Å². The Hall–Kier alpha value is -2.95. The molecule has 1 atom stereocenters. The number of hydrogen-bond donors (Lipinski definition) is 0. The van der Waals surface area contributed by atoms with E-state index in [0.29, 0.717) is 17.5 Å². The molecule has 0 heterocycles. The lowest BCUT2D eigenvalue weighted by Gasteiger charge is -2.13. The van der Waals surface area contributed by atoms with Gasteiger partial charge in [0.25, 0.3) is 0 Å². The van der Waals surface area contributed by atoms with Crippen LogP contribution in [0.3, 0.4) is 0 Å². The molecular weight excluding hydrogens is 320 g/mol. The van der Waals surface area contributed by atoms with Crippen molar-refractivity contribution in [2.24, 2.45) is 5.92 Å². The highest BCUT2D eigenvalue weighted by Crippen LogP contribution is 2.17. The molecule has 0 aliphatic heterocycles. The van der Waals surface area contributed by atoms with Gasteiger partial charge in [0.05, 0.1) is 26.6 Å². The zero-order valence-electron chi connectivity index (χ0n) is 14.2. The van der Waals surface area contributed by atoms with Crippen molar-refractivity contribution < 1.29 is 23.9 Å². The van der Waals surface area contributed by atoms with Crippen molar-refractivity contribution in [1.82, 2.24) is 0 Å². The quantitative estimate of drug-likeness (QED) is 0.573. The van der Waals surface area contributed by atoms with Gasteiger partial charge in [-0.2, -0.15) is 0 Å². The first-order valence-corrected chi connectivity index (χ1v) is 7.88. The number of ether oxygens (including phenoxy) is 2. The Kier molecular flexibility index (Phi) is 6.46. The molecule has 2 rings (SSSR count). The molecule has 0 amide bonds. The number of ketones is 1. The van der Waals surface area contributed by atoms with Crippen LogP contribution in [0, 0.1) is 5.92 Å². The average molecular weight is 340 g/mol. The Morgan fingerprint density at radius 2 is 1.44 bits per heavy atom. The maximum atomic E-state index is 12.4. The maximum Gasteiger partial charge on any atom is 0.309 e. The fraction of sp³-hybridized carbons (Fsp3) is 0.250. The summed E-state index contributed by atoms with van der Waals surface area (Å²) < 4.78 is 9.37. The monoisotopic (exact) mass is 340 g/mol. The second kappa shape index (κ2) is 8.78. The third-order valence-corrected chi connectivity index (χ3v) is 3.91. The third kappa shape index (κ3) is 5.01. The summed E-state index contributed by atoms with van der Waals surface area (Å²) in [6.07, 6.45) is 0.287. The summed E-state index contributed by atoms with van der Waals surface area (Å²) in [5.41, 5.74) is 2.02. The van der Waals surface area contributed by atoms with Gasteiger partial charge in [0.2, 0.25) is 0 Å². The van der Waals surface area contributed by atoms with Gasteiger partial charge in [0.15, 0.2) is 5.78 Å². The Morgan fingerprint density at radius 3 is 2.00 bits per heavy atom. The van der Waals surface area contributed by atoms with Crippen LogP contribution in [0.2, 0.25) is 0 Å². The van der Waals surface area contributed by atoms with Gasteiger partial charge in [-0.1, -0.05) is 54.6 Å². The molecule has 0 spiro atoms. The van der Waals surface area contributed by atoms with Crippen molar-refractivity contribution in [3.63, 3.8) is 0 Å². The molecule has 5 heteroatoms. The molecule has 1 unspecified atom stereocenters. The van der Waals surface area contributed by atoms with Gasteiger partial charge in [-0.3, -0.25) is 14.4 Å². The van der Waals surface area contributed by atoms with E-state index < -0.39 is 17.9 Å². The summed E-state index contributed by atoms with van der Waals surface area (Å²) in [5.74, 6) is -1.61. The lowest BCUT2D eigenvalue weighted by molar-refractivity contribution is -0.151. The molecule has 0 fully saturated rings. The third-order valence-electron chi connectivity index (χ3n) is 3.91. The molecule has 25 heavy (non-hydrogen) atoms. The molecule has 0 aliphatic carbocycles. The summed E-state index contributed by atoms with van der Waals surface area (Å²) >= 11 is 0. The molecule has 0 aromatic heterocycles. The summed E-state index contributed by atoms with van der Waals surface area (Å²) in [7, 11) is 2.56. The SMILES string of the molecule is COC(=O)CC(Cc1ccc(C(=O)c2ccccc2)cc1)C(=O)OC. The Morgan fingerprint density at radius 1 is 0.840 bits per heavy atom. The van der Waals surface area contributed by atoms with Gasteiger partial charge in [0.1, 0.15) is 0 Å². The lowest BCUT2D eigenvalue weighted by Crippen LogP contribution is -2.22. The highest BCUT2D eigenvalue weighted by Gasteiger charge is 2.23. The summed E-state index contributed by atoms with van der Waals surface area (Å²) in [5, 5.41) is 0. The van der Waals surface area contributed by atoms with Crippen LogP contribution in [-0.4, -0.2) is 31.9 Å². The molecule has 130 valence electrons. The van der Waals surface area contributed by atoms with Crippen molar-refractivity contribution in [2.45, 2.75) is 12.8 Å². The Balaban J connectivity index is 2.11. The van der Waals surface area contributed by atoms with Crippen molar-refractivity contribution in [1.29, 1.82) is 0 Å². The first kappa shape index (κ1) is 18.4. The smallest absolute Gasteiger partial charge is 0.309 e. The second-order valence-electron chi connectivity index (χ2n) is 5.60. The van der Waals surface area contributed by atoms with E-state index in [2.05, 4.69) is 4.74 Å². The molecule has 0 saturated heterocycles. The van der Waals surface area contributed by atoms with Crippen LogP contribution >= 0.6 is 0 Å². The van der Waals surface area contributed by atoms with Crippen LogP contribution < -0.4 is 0 Å². The second-order valence-corrected chi connectivity index (χ2v) is 5.60. The van der Waals surface area contributed by atoms with Gasteiger partial charge in [-0.05, 0) is 12.0 Å². The minimum absolute atomic E-state index is 0.0477. The van der Waals surface area contributed by atoms with Gasteiger partial charge in [-0.25, -0.2) is 0 Å². The molecule has 0 saturated carbocycles. The van der Waals surface area contributed by atoms with Crippen molar-refractivity contribution in [3.8, 4) is 0 Å². The van der Waals surface area contributed by atoms with E-state index in [1.807, 2.05) is 18.2 Å². The van der Waals surface area contributed by atoms with E-state index in [-0.39, 0.29) is 12.2 Å². The first-order valence-electron chi connectivity index (χ1n) is 7.88. The molecule has 2 aromatic rings. The lowest BCUT2D eigenvalue weighted by atomic mass is 9.94. The van der Waals surface area contributed by atoms with Gasteiger partial charge in [-0.15, -0.1) is 0 Å². The minimum Gasteiger partial charge on any atom is -0.469 e. The van der Waals surface area contributed by atoms with Crippen LogP contribution in [0.4, 0.5) is 0 Å². The van der Waals surface area contributed by atoms with Crippen LogP contribution in [-0.2, 0) is 25.5 Å². The number of carbonyl (C=O) groups is 3. The van der Waals surface area contributed by atoms with Gasteiger partial charge >= 0.3 is 11.9 Å². The van der Waals surface area contributed by atoms with Crippen molar-refractivity contribution >= 4 is 17.7 Å². The van der Waals surface area contributed by atoms with E-state index >= 15 is 0 Å². The van der Waals surface area contributed by atoms with E-state index in [1.165, 1.54) is 14.2 Å². The first-order chi connectivity index (χ1) is 12.0. The number of rotatable bonds is 7. The molecule has 0 N–H and O–H groups in total. The molecule has 2 aromatic carbocycles. The molecule has 0 aliphatic rings. The minimum atomic E-state index is -0.617. The van der Waals surface area contributed by atoms with Crippen LogP contribution in [0.15, 0.2) is 54.6 Å². The topological polar surface area (TPSA) is 69.7 Å². The Bertz CT molecular complexity index is 734. The van der Waals surface area contributed by atoms with Crippen molar-refractivity contribution in [3.05, 3.63) is 71.3 Å². The van der Waals surface area contributed by atoms with E-state index in [4.69, 9.17) is 4.74 Å². The van der Waals surface area contributed by atoms with E-state index in [1.54, 1.807) is 36.4 Å². The van der Waals surface area contributed by atoms with Crippen molar-refractivity contribution in [2.75, 3.05) is 14.2 Å². The molecule has 0 radical (unpaired) electrons. The fourth-order valence-corrected chi connectivity index (χ4v) is 2.52. The zero-order chi connectivity index (χ0) is 18.2. The average Bonchev–Trinajstić information content (AvgIpc) is 2.67. The van der Waals surface area contributed by atoms with Crippen LogP contribution in [0.1, 0.15) is 27.9 Å². The standard InChI is InChI=1S/C20H20O5/c1-24-18(21)13-17(20(23)25-2)12-14-8-10-16(11-9-14)19(22)15-6-4-3-5-7-15/h3-11,17H,12-13H2,1-2H3. The largest absolute Gasteiger partial charge is 0.469 e. The predicted molar refractivity (Wildman–Crippen MR) is 92.2 cm³/mol. The van der Waals surface area contributed by atoms with Gasteiger partial charge in [0, 0.05) is 11.1 Å². The number of hydrogen-bond acceptors (Lipinski definition) is 5. The molecular formula is C20H20O5.